The number of hydrogen-bond acceptors (Lipinski definition) is 7. The van der Waals surface area contributed by atoms with Crippen molar-refractivity contribution >= 4 is 22.1 Å². The summed E-state index contributed by atoms with van der Waals surface area (Å²) >= 11 is 0. The van der Waals surface area contributed by atoms with E-state index < -0.39 is 28.7 Å². The minimum Gasteiger partial charge on any atom is -0.479 e. The van der Waals surface area contributed by atoms with Crippen LogP contribution in [0.25, 0.3) is 0 Å². The Bertz CT molecular complexity index is 595. The third-order valence-electron chi connectivity index (χ3n) is 2.30. The summed E-state index contributed by atoms with van der Waals surface area (Å²) < 4.78 is 32.4. The van der Waals surface area contributed by atoms with Crippen LogP contribution in [0.3, 0.4) is 0 Å². The maximum Gasteiger partial charge on any atom is 0.338 e. The van der Waals surface area contributed by atoms with Crippen molar-refractivity contribution < 1.29 is 32.0 Å². The fraction of sp³-hybridized carbons (Fsp3) is 0.333. The highest BCUT2D eigenvalue weighted by atomic mass is 32.2. The molecule has 8 nitrogen and oxygen atoms in total. The van der Waals surface area contributed by atoms with E-state index in [9.17, 15) is 18.0 Å². The van der Waals surface area contributed by atoms with Gasteiger partial charge in [-0.3, -0.25) is 4.18 Å². The first-order chi connectivity index (χ1) is 9.86. The van der Waals surface area contributed by atoms with Gasteiger partial charge in [-0.15, -0.1) is 0 Å². The van der Waals surface area contributed by atoms with E-state index in [2.05, 4.69) is 4.18 Å². The quantitative estimate of drug-likeness (QED) is 0.388. The second kappa shape index (κ2) is 7.72. The molecule has 0 atom stereocenters. The van der Waals surface area contributed by atoms with Gasteiger partial charge < -0.3 is 15.6 Å². The molecule has 0 fully saturated rings. The van der Waals surface area contributed by atoms with Crippen LogP contribution in [0, 0.1) is 0 Å². The molecular weight excluding hydrogens is 302 g/mol. The molecule has 0 heterocycles. The van der Waals surface area contributed by atoms with E-state index in [1.165, 1.54) is 12.1 Å². The molecule has 116 valence electrons. The molecule has 0 bridgehead atoms. The average molecular weight is 317 g/mol. The van der Waals surface area contributed by atoms with Crippen LogP contribution >= 0.6 is 0 Å². The predicted molar refractivity (Wildman–Crippen MR) is 71.2 cm³/mol. The van der Waals surface area contributed by atoms with Crippen LogP contribution in [0.1, 0.15) is 16.8 Å². The molecule has 0 aliphatic heterocycles. The van der Waals surface area contributed by atoms with Gasteiger partial charge in [-0.25, -0.2) is 9.59 Å². The Balaban J connectivity index is 2.73. The first-order valence-electron chi connectivity index (χ1n) is 5.95. The Hall–Kier alpha value is -1.97. The van der Waals surface area contributed by atoms with E-state index in [-0.39, 0.29) is 17.1 Å². The largest absolute Gasteiger partial charge is 0.479 e. The van der Waals surface area contributed by atoms with Crippen molar-refractivity contribution in [3.8, 4) is 0 Å². The Labute approximate surface area is 121 Å². The van der Waals surface area contributed by atoms with Crippen LogP contribution < -0.4 is 5.73 Å². The molecule has 0 aromatic heterocycles. The molecule has 9 heteroatoms. The van der Waals surface area contributed by atoms with E-state index in [0.717, 1.165) is 12.1 Å². The smallest absolute Gasteiger partial charge is 0.338 e. The minimum atomic E-state index is -4.17. The fourth-order valence-electron chi connectivity index (χ4n) is 1.29. The van der Waals surface area contributed by atoms with Gasteiger partial charge in [-0.1, -0.05) is 0 Å². The third kappa shape index (κ3) is 5.50. The van der Waals surface area contributed by atoms with E-state index in [1.807, 2.05) is 0 Å². The van der Waals surface area contributed by atoms with Crippen molar-refractivity contribution in [1.82, 2.24) is 0 Å². The van der Waals surface area contributed by atoms with Gasteiger partial charge in [0.05, 0.1) is 17.1 Å². The summed E-state index contributed by atoms with van der Waals surface area (Å²) in [6, 6.07) is 4.77. The summed E-state index contributed by atoms with van der Waals surface area (Å²) in [6.45, 7) is -0.395. The maximum atomic E-state index is 11.6. The first-order valence-corrected chi connectivity index (χ1v) is 7.36. The standard InChI is InChI=1S/C12H15NO7S/c13-6-1-7-19-12(16)9-2-4-10(5-3-9)21(17,18)20-8-11(14)15/h2-5H,1,6-8,13H2,(H,14,15). The van der Waals surface area contributed by atoms with Crippen LogP contribution in [-0.4, -0.2) is 45.2 Å². The second-order valence-corrected chi connectivity index (χ2v) is 5.53. The molecule has 0 saturated heterocycles. The zero-order valence-corrected chi connectivity index (χ0v) is 11.8. The number of hydrogen-bond donors (Lipinski definition) is 2. The second-order valence-electron chi connectivity index (χ2n) is 3.91. The lowest BCUT2D eigenvalue weighted by Gasteiger charge is -2.06. The van der Waals surface area contributed by atoms with Crippen LogP contribution in [0.4, 0.5) is 0 Å². The van der Waals surface area contributed by atoms with Crippen LogP contribution in [0.5, 0.6) is 0 Å². The number of carboxylic acid groups (broad SMARTS) is 1. The Kier molecular flexibility index (Phi) is 6.28. The topological polar surface area (TPSA) is 133 Å². The molecular formula is C12H15NO7S. The SMILES string of the molecule is NCCCOC(=O)c1ccc(S(=O)(=O)OCC(=O)O)cc1. The van der Waals surface area contributed by atoms with Crippen molar-refractivity contribution in [1.29, 1.82) is 0 Å². The van der Waals surface area contributed by atoms with Crippen molar-refractivity contribution in [3.63, 3.8) is 0 Å². The number of rotatable bonds is 8. The molecule has 0 saturated carbocycles. The zero-order chi connectivity index (χ0) is 15.9. The number of ether oxygens (including phenoxy) is 1. The zero-order valence-electron chi connectivity index (χ0n) is 11.0. The number of carboxylic acids is 1. The highest BCUT2D eigenvalue weighted by molar-refractivity contribution is 7.86. The summed E-state index contributed by atoms with van der Waals surface area (Å²) in [5.41, 5.74) is 5.43. The number of benzene rings is 1. The van der Waals surface area contributed by atoms with Crippen molar-refractivity contribution in [2.75, 3.05) is 19.8 Å². The first kappa shape index (κ1) is 17.1. The number of carbonyl (C=O) groups excluding carboxylic acids is 1. The molecule has 21 heavy (non-hydrogen) atoms. The lowest BCUT2D eigenvalue weighted by molar-refractivity contribution is -0.139. The van der Waals surface area contributed by atoms with Gasteiger partial charge >= 0.3 is 11.9 Å². The Morgan fingerprint density at radius 2 is 1.81 bits per heavy atom. The monoisotopic (exact) mass is 317 g/mol. The average Bonchev–Trinajstić information content (AvgIpc) is 2.45. The summed E-state index contributed by atoms with van der Waals surface area (Å²) in [4.78, 5) is 21.6. The Morgan fingerprint density at radius 1 is 1.19 bits per heavy atom. The van der Waals surface area contributed by atoms with E-state index in [0.29, 0.717) is 13.0 Å². The number of nitrogens with two attached hydrogens (primary N) is 1. The predicted octanol–water partition coefficient (Wildman–Crippen LogP) is -0.0179. The molecule has 0 amide bonds. The number of aliphatic carboxylic acids is 1. The summed E-state index contributed by atoms with van der Waals surface area (Å²) in [6.07, 6.45) is 0.529. The van der Waals surface area contributed by atoms with Gasteiger partial charge in [0.25, 0.3) is 10.1 Å². The third-order valence-corrected chi connectivity index (χ3v) is 3.58. The summed E-state index contributed by atoms with van der Waals surface area (Å²) in [5.74, 6) is -2.00. The van der Waals surface area contributed by atoms with Crippen LogP contribution in [0.2, 0.25) is 0 Å². The highest BCUT2D eigenvalue weighted by Gasteiger charge is 2.17. The lowest BCUT2D eigenvalue weighted by atomic mass is 10.2. The van der Waals surface area contributed by atoms with Crippen LogP contribution in [0.15, 0.2) is 29.2 Å². The lowest BCUT2D eigenvalue weighted by Crippen LogP contribution is -2.14. The molecule has 0 spiro atoms. The fourth-order valence-corrected chi connectivity index (χ4v) is 2.15. The van der Waals surface area contributed by atoms with Gasteiger partial charge in [-0.2, -0.15) is 8.42 Å². The number of carbonyl (C=O) groups is 2. The molecule has 1 aromatic carbocycles. The maximum absolute atomic E-state index is 11.6. The summed E-state index contributed by atoms with van der Waals surface area (Å²) in [7, 11) is -4.17. The van der Waals surface area contributed by atoms with Gasteiger partial charge in [0, 0.05) is 0 Å². The van der Waals surface area contributed by atoms with Crippen LogP contribution in [-0.2, 0) is 23.8 Å². The van der Waals surface area contributed by atoms with E-state index in [4.69, 9.17) is 15.6 Å². The Morgan fingerprint density at radius 3 is 2.33 bits per heavy atom. The van der Waals surface area contributed by atoms with Gasteiger partial charge in [0.15, 0.2) is 6.61 Å². The van der Waals surface area contributed by atoms with Crippen molar-refractivity contribution in [2.45, 2.75) is 11.3 Å². The molecule has 0 aliphatic rings. The molecule has 1 aromatic rings. The molecule has 0 aliphatic carbocycles. The normalized spacial score (nSPS) is 11.1. The number of esters is 1. The van der Waals surface area contributed by atoms with Crippen molar-refractivity contribution in [3.05, 3.63) is 29.8 Å². The molecule has 3 N–H and O–H groups in total. The molecule has 1 rings (SSSR count). The minimum absolute atomic E-state index is 0.171. The van der Waals surface area contributed by atoms with E-state index >= 15 is 0 Å². The van der Waals surface area contributed by atoms with Gasteiger partial charge in [-0.05, 0) is 37.2 Å². The van der Waals surface area contributed by atoms with Gasteiger partial charge in [0.2, 0.25) is 0 Å². The van der Waals surface area contributed by atoms with Gasteiger partial charge in [0.1, 0.15) is 0 Å². The van der Waals surface area contributed by atoms with E-state index in [1.54, 1.807) is 0 Å². The summed E-state index contributed by atoms with van der Waals surface area (Å²) in [5, 5.41) is 8.38. The van der Waals surface area contributed by atoms with Crippen molar-refractivity contribution in [2.24, 2.45) is 5.73 Å². The molecule has 0 unspecified atom stereocenters. The highest BCUT2D eigenvalue weighted by Crippen LogP contribution is 2.14. The molecule has 0 radical (unpaired) electrons.